The van der Waals surface area contributed by atoms with Crippen molar-refractivity contribution >= 4 is 22.9 Å². The molecular formula is C23H15F3N2OS. The summed E-state index contributed by atoms with van der Waals surface area (Å²) >= 11 is 5.58. The normalized spacial score (nSPS) is 17.8. The van der Waals surface area contributed by atoms with Crippen LogP contribution >= 0.6 is 12.2 Å². The second-order valence-electron chi connectivity index (χ2n) is 7.09. The van der Waals surface area contributed by atoms with Crippen LogP contribution in [0, 0.1) is 17.5 Å². The fourth-order valence-electron chi connectivity index (χ4n) is 3.75. The van der Waals surface area contributed by atoms with Gasteiger partial charge < -0.3 is 10.1 Å². The molecule has 3 nitrogen and oxygen atoms in total. The third-order valence-corrected chi connectivity index (χ3v) is 5.51. The predicted molar refractivity (Wildman–Crippen MR) is 112 cm³/mol. The second kappa shape index (κ2) is 7.18. The molecule has 0 fully saturated rings. The van der Waals surface area contributed by atoms with Crippen molar-refractivity contribution in [3.63, 3.8) is 0 Å². The van der Waals surface area contributed by atoms with Crippen molar-refractivity contribution in [3.05, 3.63) is 107 Å². The van der Waals surface area contributed by atoms with Crippen LogP contribution in [0.15, 0.2) is 78.2 Å². The maximum Gasteiger partial charge on any atom is 0.208 e. The minimum Gasteiger partial charge on any atom is -0.440 e. The molecule has 150 valence electrons. The van der Waals surface area contributed by atoms with E-state index in [0.29, 0.717) is 39.9 Å². The van der Waals surface area contributed by atoms with E-state index >= 15 is 0 Å². The van der Waals surface area contributed by atoms with Gasteiger partial charge in [0, 0.05) is 17.7 Å². The van der Waals surface area contributed by atoms with Crippen molar-refractivity contribution in [2.24, 2.45) is 0 Å². The quantitative estimate of drug-likeness (QED) is 0.558. The van der Waals surface area contributed by atoms with Gasteiger partial charge in [0.15, 0.2) is 0 Å². The molecule has 0 saturated carbocycles. The molecular weight excluding hydrogens is 409 g/mol. The lowest BCUT2D eigenvalue weighted by Gasteiger charge is -2.42. The first-order valence-corrected chi connectivity index (χ1v) is 9.71. The summed E-state index contributed by atoms with van der Waals surface area (Å²) in [6, 6.07) is 16.4. The Morgan fingerprint density at radius 3 is 2.40 bits per heavy atom. The molecule has 0 unspecified atom stereocenters. The van der Waals surface area contributed by atoms with Gasteiger partial charge in [0.05, 0.1) is 5.57 Å². The molecule has 1 N–H and O–H groups in total. The molecule has 2 aliphatic heterocycles. The molecule has 1 atom stereocenters. The van der Waals surface area contributed by atoms with Crippen molar-refractivity contribution in [1.82, 2.24) is 5.32 Å². The molecule has 3 aromatic rings. The summed E-state index contributed by atoms with van der Waals surface area (Å²) in [7, 11) is 0. The number of rotatable bonds is 2. The zero-order valence-corrected chi connectivity index (χ0v) is 16.3. The van der Waals surface area contributed by atoms with Crippen LogP contribution in [0.2, 0.25) is 0 Å². The van der Waals surface area contributed by atoms with Crippen molar-refractivity contribution < 1.29 is 17.9 Å². The zero-order chi connectivity index (χ0) is 20.8. The molecule has 0 amide bonds. The maximum absolute atomic E-state index is 14.1. The largest absolute Gasteiger partial charge is 0.440 e. The molecule has 30 heavy (non-hydrogen) atoms. The molecule has 0 aromatic heterocycles. The Kier molecular flexibility index (Phi) is 4.47. The van der Waals surface area contributed by atoms with Gasteiger partial charge in [0.25, 0.3) is 0 Å². The van der Waals surface area contributed by atoms with Crippen molar-refractivity contribution in [2.75, 3.05) is 4.90 Å². The van der Waals surface area contributed by atoms with Crippen LogP contribution in [-0.4, -0.2) is 4.99 Å². The van der Waals surface area contributed by atoms with Crippen molar-refractivity contribution in [3.8, 4) is 5.75 Å². The molecule has 0 aliphatic carbocycles. The lowest BCUT2D eigenvalue weighted by atomic mass is 9.98. The monoisotopic (exact) mass is 424 g/mol. The summed E-state index contributed by atoms with van der Waals surface area (Å²) in [6.45, 7) is 0. The highest BCUT2D eigenvalue weighted by atomic mass is 32.1. The first-order chi connectivity index (χ1) is 14.5. The third kappa shape index (κ3) is 3.21. The third-order valence-electron chi connectivity index (χ3n) is 5.15. The summed E-state index contributed by atoms with van der Waals surface area (Å²) in [6.07, 6.45) is -0.170. The van der Waals surface area contributed by atoms with Crippen LogP contribution in [0.4, 0.5) is 18.9 Å². The fraction of sp³-hybridized carbons (Fsp3) is 0.0870. The number of nitrogens with zero attached hydrogens (tertiary/aromatic N) is 1. The van der Waals surface area contributed by atoms with Gasteiger partial charge in [-0.3, -0.25) is 4.90 Å². The molecule has 3 aromatic carbocycles. The van der Waals surface area contributed by atoms with E-state index in [0.717, 1.165) is 5.56 Å². The summed E-state index contributed by atoms with van der Waals surface area (Å²) < 4.78 is 47.4. The van der Waals surface area contributed by atoms with Crippen LogP contribution in [0.3, 0.4) is 0 Å². The summed E-state index contributed by atoms with van der Waals surface area (Å²) in [5.74, 6) is -0.169. The minimum absolute atomic E-state index is 0.359. The van der Waals surface area contributed by atoms with E-state index in [9.17, 15) is 13.2 Å². The zero-order valence-electron chi connectivity index (χ0n) is 15.5. The van der Waals surface area contributed by atoms with E-state index in [1.54, 1.807) is 35.2 Å². The number of nitrogens with one attached hydrogen (secondary N) is 1. The maximum atomic E-state index is 14.1. The number of anilines is 1. The SMILES string of the molecule is Fc1ccc([C@@H]2NC(=S)C3=C(Oc4ccc(F)cc4C3)N2c2cccc(F)c2)cc1. The number of fused-ring (bicyclic) bond motifs is 1. The van der Waals surface area contributed by atoms with Crippen LogP contribution < -0.4 is 15.0 Å². The van der Waals surface area contributed by atoms with Crippen molar-refractivity contribution in [2.45, 2.75) is 12.6 Å². The van der Waals surface area contributed by atoms with Crippen LogP contribution in [0.5, 0.6) is 5.75 Å². The van der Waals surface area contributed by atoms with E-state index in [4.69, 9.17) is 17.0 Å². The lowest BCUT2D eigenvalue weighted by Crippen LogP contribution is -2.49. The molecule has 2 aliphatic rings. The highest BCUT2D eigenvalue weighted by Crippen LogP contribution is 2.40. The van der Waals surface area contributed by atoms with Crippen LogP contribution in [0.25, 0.3) is 0 Å². The summed E-state index contributed by atoms with van der Waals surface area (Å²) in [4.78, 5) is 2.23. The smallest absolute Gasteiger partial charge is 0.208 e. The van der Waals surface area contributed by atoms with Gasteiger partial charge in [-0.15, -0.1) is 0 Å². The highest BCUT2D eigenvalue weighted by Gasteiger charge is 2.37. The Balaban J connectivity index is 1.67. The number of hydrogen-bond donors (Lipinski definition) is 1. The van der Waals surface area contributed by atoms with Crippen LogP contribution in [0.1, 0.15) is 17.3 Å². The number of benzene rings is 3. The highest BCUT2D eigenvalue weighted by molar-refractivity contribution is 7.80. The van der Waals surface area contributed by atoms with E-state index in [1.807, 2.05) is 0 Å². The summed E-state index contributed by atoms with van der Waals surface area (Å²) in [5.41, 5.74) is 2.61. The predicted octanol–water partition coefficient (Wildman–Crippen LogP) is 5.39. The number of hydrogen-bond acceptors (Lipinski definition) is 3. The van der Waals surface area contributed by atoms with E-state index in [-0.39, 0.29) is 11.6 Å². The molecule has 7 heteroatoms. The Hall–Kier alpha value is -3.32. The number of thiocarbonyl (C=S) groups is 1. The Morgan fingerprint density at radius 1 is 0.900 bits per heavy atom. The van der Waals surface area contributed by atoms with E-state index < -0.39 is 12.0 Å². The average Bonchev–Trinajstić information content (AvgIpc) is 2.73. The number of ether oxygens (including phenoxy) is 1. The lowest BCUT2D eigenvalue weighted by molar-refractivity contribution is 0.358. The Morgan fingerprint density at radius 2 is 1.63 bits per heavy atom. The average molecular weight is 424 g/mol. The molecule has 5 rings (SSSR count). The van der Waals surface area contributed by atoms with Gasteiger partial charge >= 0.3 is 0 Å². The topological polar surface area (TPSA) is 24.5 Å². The van der Waals surface area contributed by atoms with Gasteiger partial charge in [0.1, 0.15) is 34.4 Å². The van der Waals surface area contributed by atoms with Gasteiger partial charge in [-0.05, 0) is 54.1 Å². The molecule has 2 heterocycles. The van der Waals surface area contributed by atoms with Crippen molar-refractivity contribution in [1.29, 1.82) is 0 Å². The van der Waals surface area contributed by atoms with Gasteiger partial charge in [0.2, 0.25) is 5.88 Å². The van der Waals surface area contributed by atoms with E-state index in [1.165, 1.54) is 36.4 Å². The molecule has 0 spiro atoms. The minimum atomic E-state index is -0.541. The van der Waals surface area contributed by atoms with Crippen LogP contribution in [-0.2, 0) is 6.42 Å². The Bertz CT molecular complexity index is 1190. The Labute approximate surface area is 176 Å². The number of halogens is 3. The van der Waals surface area contributed by atoms with E-state index in [2.05, 4.69) is 5.32 Å². The molecule has 0 bridgehead atoms. The summed E-state index contributed by atoms with van der Waals surface area (Å²) in [5, 5.41) is 3.25. The fourth-order valence-corrected chi connectivity index (χ4v) is 4.02. The van der Waals surface area contributed by atoms with Gasteiger partial charge in [-0.1, -0.05) is 30.4 Å². The van der Waals surface area contributed by atoms with Gasteiger partial charge in [-0.25, -0.2) is 13.2 Å². The molecule has 0 saturated heterocycles. The first-order valence-electron chi connectivity index (χ1n) is 9.30. The molecule has 0 radical (unpaired) electrons. The standard InChI is InChI=1S/C23H15F3N2OS/c24-15-6-4-13(5-7-15)21-27-22(30)19-11-14-10-17(26)8-9-20(14)29-23(19)28(21)18-3-1-2-16(25)12-18/h1-10,12,21H,11H2,(H,27,30)/t21-/m1/s1. The first kappa shape index (κ1) is 18.7. The second-order valence-corrected chi connectivity index (χ2v) is 7.50. The van der Waals surface area contributed by atoms with Gasteiger partial charge in [-0.2, -0.15) is 0 Å².